The molecule has 25 heavy (non-hydrogen) atoms. The van der Waals surface area contributed by atoms with E-state index in [0.29, 0.717) is 6.61 Å². The molecule has 0 aliphatic rings. The lowest BCUT2D eigenvalue weighted by atomic mass is 10.1. The predicted molar refractivity (Wildman–Crippen MR) is 96.6 cm³/mol. The normalized spacial score (nSPS) is 10.5. The molecule has 1 aromatic heterocycles. The number of ether oxygens (including phenoxy) is 1. The Labute approximate surface area is 146 Å². The lowest BCUT2D eigenvalue weighted by molar-refractivity contribution is 0.0948. The second-order valence-electron chi connectivity index (χ2n) is 5.60. The Balaban J connectivity index is 2.10. The van der Waals surface area contributed by atoms with Crippen LogP contribution in [0, 0.1) is 6.92 Å². The maximum atomic E-state index is 11.9. The molecule has 1 heterocycles. The van der Waals surface area contributed by atoms with Crippen LogP contribution in [-0.4, -0.2) is 22.3 Å². The number of carbonyl (C=O) groups is 1. The summed E-state index contributed by atoms with van der Waals surface area (Å²) in [7, 11) is 0. The molecule has 0 fully saturated rings. The van der Waals surface area contributed by atoms with Crippen molar-refractivity contribution in [1.29, 1.82) is 0 Å². The molecule has 2 aromatic carbocycles. The van der Waals surface area contributed by atoms with Gasteiger partial charge in [0.1, 0.15) is 5.75 Å². The molecule has 1 amide bonds. The molecule has 0 radical (unpaired) electrons. The van der Waals surface area contributed by atoms with Gasteiger partial charge in [0, 0.05) is 5.56 Å². The SMILES string of the molecule is CCOc1ccc(-c2cc(C(=O)NN)nn2-c2cccc(C)c2)cc1. The molecule has 3 N–H and O–H groups in total. The van der Waals surface area contributed by atoms with Gasteiger partial charge in [-0.05, 0) is 61.9 Å². The fourth-order valence-electron chi connectivity index (χ4n) is 2.62. The van der Waals surface area contributed by atoms with Crippen LogP contribution < -0.4 is 16.0 Å². The molecule has 0 bridgehead atoms. The van der Waals surface area contributed by atoms with Gasteiger partial charge in [-0.3, -0.25) is 10.2 Å². The van der Waals surface area contributed by atoms with Crippen molar-refractivity contribution in [1.82, 2.24) is 15.2 Å². The van der Waals surface area contributed by atoms with Crippen LogP contribution in [0.15, 0.2) is 54.6 Å². The molecule has 0 saturated carbocycles. The number of hydrazine groups is 1. The second kappa shape index (κ2) is 7.19. The minimum atomic E-state index is -0.432. The van der Waals surface area contributed by atoms with Crippen molar-refractivity contribution in [2.24, 2.45) is 5.84 Å². The molecular weight excluding hydrogens is 316 g/mol. The number of carbonyl (C=O) groups excluding carboxylic acids is 1. The lowest BCUT2D eigenvalue weighted by Gasteiger charge is -2.09. The van der Waals surface area contributed by atoms with E-state index in [2.05, 4.69) is 10.5 Å². The third-order valence-electron chi connectivity index (χ3n) is 3.78. The molecule has 3 rings (SSSR count). The van der Waals surface area contributed by atoms with E-state index in [1.54, 1.807) is 10.7 Å². The summed E-state index contributed by atoms with van der Waals surface area (Å²) in [5.41, 5.74) is 6.09. The molecule has 6 heteroatoms. The first-order valence-corrected chi connectivity index (χ1v) is 8.03. The van der Waals surface area contributed by atoms with E-state index in [0.717, 1.165) is 28.3 Å². The molecule has 0 unspecified atom stereocenters. The highest BCUT2D eigenvalue weighted by atomic mass is 16.5. The van der Waals surface area contributed by atoms with E-state index in [1.165, 1.54) is 0 Å². The topological polar surface area (TPSA) is 82.2 Å². The third kappa shape index (κ3) is 3.54. The number of nitrogens with one attached hydrogen (secondary N) is 1. The van der Waals surface area contributed by atoms with Gasteiger partial charge in [-0.1, -0.05) is 12.1 Å². The van der Waals surface area contributed by atoms with Crippen LogP contribution >= 0.6 is 0 Å². The minimum Gasteiger partial charge on any atom is -0.494 e. The fraction of sp³-hybridized carbons (Fsp3) is 0.158. The Morgan fingerprint density at radius 1 is 1.20 bits per heavy atom. The minimum absolute atomic E-state index is 0.257. The van der Waals surface area contributed by atoms with Crippen LogP contribution in [0.4, 0.5) is 0 Å². The van der Waals surface area contributed by atoms with E-state index >= 15 is 0 Å². The van der Waals surface area contributed by atoms with Gasteiger partial charge in [0.05, 0.1) is 18.0 Å². The zero-order valence-electron chi connectivity index (χ0n) is 14.2. The fourth-order valence-corrected chi connectivity index (χ4v) is 2.62. The van der Waals surface area contributed by atoms with Crippen molar-refractivity contribution in [2.45, 2.75) is 13.8 Å². The number of aryl methyl sites for hydroxylation is 1. The number of nitrogen functional groups attached to an aromatic ring is 1. The number of hydrogen-bond donors (Lipinski definition) is 2. The molecule has 3 aromatic rings. The van der Waals surface area contributed by atoms with Crippen LogP contribution in [0.1, 0.15) is 23.0 Å². The van der Waals surface area contributed by atoms with Gasteiger partial charge in [0.25, 0.3) is 5.91 Å². The summed E-state index contributed by atoms with van der Waals surface area (Å²) in [6.07, 6.45) is 0. The Kier molecular flexibility index (Phi) is 4.81. The van der Waals surface area contributed by atoms with Crippen molar-refractivity contribution in [2.75, 3.05) is 6.61 Å². The van der Waals surface area contributed by atoms with Gasteiger partial charge in [0.2, 0.25) is 0 Å². The summed E-state index contributed by atoms with van der Waals surface area (Å²) < 4.78 is 7.23. The monoisotopic (exact) mass is 336 g/mol. The van der Waals surface area contributed by atoms with Crippen molar-refractivity contribution in [3.05, 3.63) is 65.9 Å². The number of aromatic nitrogens is 2. The van der Waals surface area contributed by atoms with E-state index in [-0.39, 0.29) is 5.69 Å². The smallest absolute Gasteiger partial charge is 0.285 e. The predicted octanol–water partition coefficient (Wildman–Crippen LogP) is 2.85. The number of nitrogens with zero attached hydrogens (tertiary/aromatic N) is 2. The second-order valence-corrected chi connectivity index (χ2v) is 5.60. The van der Waals surface area contributed by atoms with Crippen LogP contribution in [-0.2, 0) is 0 Å². The van der Waals surface area contributed by atoms with Crippen LogP contribution in [0.25, 0.3) is 16.9 Å². The summed E-state index contributed by atoms with van der Waals surface area (Å²) in [6, 6.07) is 17.3. The summed E-state index contributed by atoms with van der Waals surface area (Å²) >= 11 is 0. The summed E-state index contributed by atoms with van der Waals surface area (Å²) in [5, 5.41) is 4.42. The Hall–Kier alpha value is -3.12. The number of rotatable bonds is 5. The highest BCUT2D eigenvalue weighted by Gasteiger charge is 2.16. The van der Waals surface area contributed by atoms with Crippen LogP contribution in [0.3, 0.4) is 0 Å². The summed E-state index contributed by atoms with van der Waals surface area (Å²) in [6.45, 7) is 4.57. The number of nitrogens with two attached hydrogens (primary N) is 1. The summed E-state index contributed by atoms with van der Waals surface area (Å²) in [4.78, 5) is 11.9. The first-order valence-electron chi connectivity index (χ1n) is 8.03. The molecule has 0 aliphatic carbocycles. The standard InChI is InChI=1S/C19H20N4O2/c1-3-25-16-9-7-14(8-10-16)18-12-17(19(24)21-20)22-23(18)15-6-4-5-13(2)11-15/h4-12H,3,20H2,1-2H3,(H,21,24). The van der Waals surface area contributed by atoms with Crippen molar-refractivity contribution >= 4 is 5.91 Å². The Morgan fingerprint density at radius 3 is 2.60 bits per heavy atom. The van der Waals surface area contributed by atoms with Crippen molar-refractivity contribution in [3.63, 3.8) is 0 Å². The average Bonchev–Trinajstić information content (AvgIpc) is 3.07. The van der Waals surface area contributed by atoms with Gasteiger partial charge in [0.15, 0.2) is 5.69 Å². The Bertz CT molecular complexity index is 885. The van der Waals surface area contributed by atoms with Gasteiger partial charge in [-0.2, -0.15) is 5.10 Å². The highest BCUT2D eigenvalue weighted by Crippen LogP contribution is 2.26. The molecule has 0 atom stereocenters. The van der Waals surface area contributed by atoms with E-state index in [1.807, 2.05) is 62.4 Å². The maximum Gasteiger partial charge on any atom is 0.285 e. The van der Waals surface area contributed by atoms with Crippen LogP contribution in [0.2, 0.25) is 0 Å². The largest absolute Gasteiger partial charge is 0.494 e. The zero-order chi connectivity index (χ0) is 17.8. The molecular formula is C19H20N4O2. The van der Waals surface area contributed by atoms with Gasteiger partial charge < -0.3 is 4.74 Å². The van der Waals surface area contributed by atoms with E-state index in [9.17, 15) is 4.79 Å². The van der Waals surface area contributed by atoms with Gasteiger partial charge in [-0.25, -0.2) is 10.5 Å². The van der Waals surface area contributed by atoms with Crippen molar-refractivity contribution in [3.8, 4) is 22.7 Å². The quantitative estimate of drug-likeness (QED) is 0.426. The molecule has 0 aliphatic heterocycles. The number of hydrogen-bond acceptors (Lipinski definition) is 4. The summed E-state index contributed by atoms with van der Waals surface area (Å²) in [5.74, 6) is 5.62. The Morgan fingerprint density at radius 2 is 1.96 bits per heavy atom. The first kappa shape index (κ1) is 16.7. The molecule has 0 saturated heterocycles. The molecule has 0 spiro atoms. The molecule has 6 nitrogen and oxygen atoms in total. The van der Waals surface area contributed by atoms with Gasteiger partial charge in [-0.15, -0.1) is 0 Å². The third-order valence-corrected chi connectivity index (χ3v) is 3.78. The van der Waals surface area contributed by atoms with E-state index < -0.39 is 5.91 Å². The first-order chi connectivity index (χ1) is 12.1. The van der Waals surface area contributed by atoms with Gasteiger partial charge >= 0.3 is 0 Å². The maximum absolute atomic E-state index is 11.9. The highest BCUT2D eigenvalue weighted by molar-refractivity contribution is 5.93. The molecule has 128 valence electrons. The van der Waals surface area contributed by atoms with Crippen LogP contribution in [0.5, 0.6) is 5.75 Å². The zero-order valence-corrected chi connectivity index (χ0v) is 14.2. The van der Waals surface area contributed by atoms with E-state index in [4.69, 9.17) is 10.6 Å². The number of benzene rings is 2. The average molecular weight is 336 g/mol. The number of amides is 1. The van der Waals surface area contributed by atoms with Crippen molar-refractivity contribution < 1.29 is 9.53 Å². The lowest BCUT2D eigenvalue weighted by Crippen LogP contribution is -2.30.